The van der Waals surface area contributed by atoms with Crippen LogP contribution in [-0.2, 0) is 30.4 Å². The number of carbonyl (C=O) groups excluding carboxylic acids is 3. The molecular weight excluding hydrogens is 306 g/mol. The van der Waals surface area contributed by atoms with Crippen molar-refractivity contribution in [2.45, 2.75) is 25.2 Å². The van der Waals surface area contributed by atoms with Gasteiger partial charge in [0.15, 0.2) is 6.10 Å². The van der Waals surface area contributed by atoms with Crippen LogP contribution in [0.5, 0.6) is 0 Å². The van der Waals surface area contributed by atoms with Gasteiger partial charge in [0, 0.05) is 6.42 Å². The third-order valence-electron chi connectivity index (χ3n) is 2.92. The highest BCUT2D eigenvalue weighted by atomic mass is 16.6. The summed E-state index contributed by atoms with van der Waals surface area (Å²) in [7, 11) is 2.22. The Balaban J connectivity index is 2.57. The molecule has 0 fully saturated rings. The van der Waals surface area contributed by atoms with E-state index in [4.69, 9.17) is 4.74 Å². The van der Waals surface area contributed by atoms with E-state index in [1.807, 2.05) is 6.07 Å². The molecule has 2 N–H and O–H groups in total. The molecule has 0 aromatic heterocycles. The maximum Gasteiger partial charge on any atom is 0.408 e. The average Bonchev–Trinajstić information content (AvgIpc) is 2.58. The molecule has 8 heteroatoms. The van der Waals surface area contributed by atoms with Gasteiger partial charge in [-0.05, 0) is 5.56 Å². The highest BCUT2D eigenvalue weighted by Crippen LogP contribution is 2.05. The molecule has 0 spiro atoms. The maximum atomic E-state index is 11.7. The van der Waals surface area contributed by atoms with Gasteiger partial charge >= 0.3 is 18.0 Å². The Kier molecular flexibility index (Phi) is 7.55. The topological polar surface area (TPSA) is 111 Å². The minimum Gasteiger partial charge on any atom is -0.467 e. The summed E-state index contributed by atoms with van der Waals surface area (Å²) in [5, 5.41) is 11.8. The number of ether oxygens (including phenoxy) is 3. The summed E-state index contributed by atoms with van der Waals surface area (Å²) >= 11 is 0. The zero-order valence-electron chi connectivity index (χ0n) is 12.9. The van der Waals surface area contributed by atoms with Crippen molar-refractivity contribution in [2.75, 3.05) is 14.2 Å². The zero-order chi connectivity index (χ0) is 17.2. The molecule has 1 aromatic carbocycles. The molecule has 0 heterocycles. The predicted molar refractivity (Wildman–Crippen MR) is 78.2 cm³/mol. The monoisotopic (exact) mass is 325 g/mol. The van der Waals surface area contributed by atoms with Gasteiger partial charge in [0.1, 0.15) is 12.6 Å². The van der Waals surface area contributed by atoms with Crippen LogP contribution in [0.15, 0.2) is 30.3 Å². The van der Waals surface area contributed by atoms with Crippen molar-refractivity contribution in [2.24, 2.45) is 0 Å². The molecule has 0 bridgehead atoms. The molecule has 8 nitrogen and oxygen atoms in total. The third-order valence-corrected chi connectivity index (χ3v) is 2.92. The Labute approximate surface area is 133 Å². The molecule has 1 amide bonds. The summed E-state index contributed by atoms with van der Waals surface area (Å²) in [4.78, 5) is 34.5. The number of carbonyl (C=O) groups is 3. The number of rotatable bonds is 7. The standard InChI is InChI=1S/C15H19NO7/c1-21-13(18)11(8-12(17)14(19)22-2)16-15(20)23-9-10-6-4-3-5-7-10/h3-7,11-12,17H,8-9H2,1-2H3,(H,16,20). The maximum absolute atomic E-state index is 11.7. The number of hydrogen-bond acceptors (Lipinski definition) is 7. The molecule has 0 aliphatic rings. The Bertz CT molecular complexity index is 532. The summed E-state index contributed by atoms with van der Waals surface area (Å²) in [6, 6.07) is 7.71. The molecule has 2 atom stereocenters. The first-order chi connectivity index (χ1) is 11.0. The molecule has 0 aliphatic heterocycles. The number of benzene rings is 1. The Morgan fingerprint density at radius 3 is 2.26 bits per heavy atom. The summed E-state index contributed by atoms with van der Waals surface area (Å²) < 4.78 is 13.8. The van der Waals surface area contributed by atoms with E-state index in [-0.39, 0.29) is 13.0 Å². The van der Waals surface area contributed by atoms with Crippen LogP contribution in [0.25, 0.3) is 0 Å². The fraction of sp³-hybridized carbons (Fsp3) is 0.400. The van der Waals surface area contributed by atoms with E-state index in [0.29, 0.717) is 0 Å². The van der Waals surface area contributed by atoms with E-state index in [9.17, 15) is 19.5 Å². The lowest BCUT2D eigenvalue weighted by Gasteiger charge is -2.18. The largest absolute Gasteiger partial charge is 0.467 e. The Morgan fingerprint density at radius 1 is 1.09 bits per heavy atom. The lowest BCUT2D eigenvalue weighted by Crippen LogP contribution is -2.45. The molecular formula is C15H19NO7. The van der Waals surface area contributed by atoms with E-state index >= 15 is 0 Å². The fourth-order valence-corrected chi connectivity index (χ4v) is 1.72. The molecule has 1 rings (SSSR count). The van der Waals surface area contributed by atoms with E-state index in [1.54, 1.807) is 24.3 Å². The van der Waals surface area contributed by atoms with E-state index < -0.39 is 30.2 Å². The Morgan fingerprint density at radius 2 is 1.70 bits per heavy atom. The van der Waals surface area contributed by atoms with Crippen LogP contribution in [0.1, 0.15) is 12.0 Å². The van der Waals surface area contributed by atoms with Crippen molar-refractivity contribution >= 4 is 18.0 Å². The van der Waals surface area contributed by atoms with Crippen LogP contribution in [0.3, 0.4) is 0 Å². The third kappa shape index (κ3) is 6.35. The molecule has 1 aromatic rings. The number of amides is 1. The molecule has 23 heavy (non-hydrogen) atoms. The first-order valence-electron chi connectivity index (χ1n) is 6.78. The van der Waals surface area contributed by atoms with Gasteiger partial charge in [-0.2, -0.15) is 0 Å². The average molecular weight is 325 g/mol. The lowest BCUT2D eigenvalue weighted by molar-refractivity contribution is -0.152. The van der Waals surface area contributed by atoms with Crippen molar-refractivity contribution in [1.29, 1.82) is 0 Å². The number of methoxy groups -OCH3 is 2. The smallest absolute Gasteiger partial charge is 0.408 e. The van der Waals surface area contributed by atoms with E-state index in [0.717, 1.165) is 19.8 Å². The zero-order valence-corrected chi connectivity index (χ0v) is 12.9. The number of esters is 2. The summed E-state index contributed by atoms with van der Waals surface area (Å²) in [5.74, 6) is -1.73. The second kappa shape index (κ2) is 9.42. The van der Waals surface area contributed by atoms with Crippen LogP contribution in [-0.4, -0.2) is 49.5 Å². The highest BCUT2D eigenvalue weighted by molar-refractivity contribution is 5.82. The van der Waals surface area contributed by atoms with Crippen molar-refractivity contribution in [1.82, 2.24) is 5.32 Å². The minimum absolute atomic E-state index is 0.0140. The fourth-order valence-electron chi connectivity index (χ4n) is 1.72. The lowest BCUT2D eigenvalue weighted by atomic mass is 10.1. The van der Waals surface area contributed by atoms with Crippen molar-refractivity contribution < 1.29 is 33.7 Å². The molecule has 0 saturated carbocycles. The van der Waals surface area contributed by atoms with Crippen LogP contribution in [0, 0.1) is 0 Å². The molecule has 126 valence electrons. The second-order valence-electron chi connectivity index (χ2n) is 4.56. The van der Waals surface area contributed by atoms with Gasteiger partial charge in [0.25, 0.3) is 0 Å². The SMILES string of the molecule is COC(=O)C(O)CC(NC(=O)OCc1ccccc1)C(=O)OC. The number of aliphatic hydroxyl groups excluding tert-OH is 1. The van der Waals surface area contributed by atoms with Gasteiger partial charge in [-0.25, -0.2) is 14.4 Å². The first kappa shape index (κ1) is 18.4. The quantitative estimate of drug-likeness (QED) is 0.550. The summed E-state index contributed by atoms with van der Waals surface area (Å²) in [6.07, 6.45) is -2.83. The molecule has 0 aliphatic carbocycles. The highest BCUT2D eigenvalue weighted by Gasteiger charge is 2.29. The molecule has 0 radical (unpaired) electrons. The minimum atomic E-state index is -1.57. The van der Waals surface area contributed by atoms with Gasteiger partial charge in [0.2, 0.25) is 0 Å². The van der Waals surface area contributed by atoms with Crippen molar-refractivity contribution in [3.05, 3.63) is 35.9 Å². The van der Waals surface area contributed by atoms with Gasteiger partial charge < -0.3 is 24.6 Å². The van der Waals surface area contributed by atoms with Crippen molar-refractivity contribution in [3.63, 3.8) is 0 Å². The summed E-state index contributed by atoms with van der Waals surface area (Å²) in [6.45, 7) is 0.0140. The summed E-state index contributed by atoms with van der Waals surface area (Å²) in [5.41, 5.74) is 0.770. The first-order valence-corrected chi connectivity index (χ1v) is 6.78. The Hall–Kier alpha value is -2.61. The number of alkyl carbamates (subject to hydrolysis) is 1. The molecule has 0 saturated heterocycles. The van der Waals surface area contributed by atoms with Crippen LogP contribution < -0.4 is 5.32 Å². The number of nitrogens with one attached hydrogen (secondary N) is 1. The van der Waals surface area contributed by atoms with Crippen LogP contribution >= 0.6 is 0 Å². The number of aliphatic hydroxyl groups is 1. The number of hydrogen-bond donors (Lipinski definition) is 2. The van der Waals surface area contributed by atoms with E-state index in [2.05, 4.69) is 14.8 Å². The van der Waals surface area contributed by atoms with Crippen molar-refractivity contribution in [3.8, 4) is 0 Å². The van der Waals surface area contributed by atoms with Crippen LogP contribution in [0.2, 0.25) is 0 Å². The normalized spacial score (nSPS) is 12.7. The van der Waals surface area contributed by atoms with Gasteiger partial charge in [-0.3, -0.25) is 0 Å². The van der Waals surface area contributed by atoms with E-state index in [1.165, 1.54) is 0 Å². The van der Waals surface area contributed by atoms with Gasteiger partial charge in [-0.15, -0.1) is 0 Å². The molecule has 2 unspecified atom stereocenters. The second-order valence-corrected chi connectivity index (χ2v) is 4.56. The van der Waals surface area contributed by atoms with Crippen LogP contribution in [0.4, 0.5) is 4.79 Å². The van der Waals surface area contributed by atoms with Gasteiger partial charge in [0.05, 0.1) is 14.2 Å². The van der Waals surface area contributed by atoms with Gasteiger partial charge in [-0.1, -0.05) is 30.3 Å². The predicted octanol–water partition coefficient (Wildman–Crippen LogP) is 0.378.